The number of piperidine rings is 1. The molecule has 1 aromatic rings. The summed E-state index contributed by atoms with van der Waals surface area (Å²) in [6.07, 6.45) is 3.04. The zero-order valence-electron chi connectivity index (χ0n) is 19.7. The van der Waals surface area contributed by atoms with Crippen LogP contribution >= 0.6 is 23.3 Å². The standard InChI is InChI=1S/C21H27N7O6S2/c1-28(10-3-4-11(28)6-12(29)5-10)7-9-8-35-19-14(18(31)27(19)15(9)20(32)33)23-17(30)13(25-34-2)16-24-21(22)36-26-16/h10-12,14,19,29H,3-8H2,1-2H3,(H3-,22,23,24,26,30,32,33)/b25-13-/t10-,11+,12?,14-,19-,28?/m1/s1. The number of likely N-dealkylation sites (N-methyl/N-ethyl adjacent to an activating group) is 1. The number of carbonyl (C=O) groups excluding carboxylic acids is 3. The number of anilines is 1. The molecular weight excluding hydrogens is 510 g/mol. The average Bonchev–Trinajstić information content (AvgIpc) is 3.30. The summed E-state index contributed by atoms with van der Waals surface area (Å²) in [5, 5.41) is 28.2. The number of nitrogens with two attached hydrogens (primary N) is 1. The SMILES string of the molecule is CO/N=C(\C(=O)N[C@@H]1C(=O)N2C(C(=O)[O-])=C(C[N+]3(C)[C@@H]4CC[C@H]3CC(O)C4)CS[C@H]12)c1nsc(N)n1. The Balaban J connectivity index is 1.35. The maximum atomic E-state index is 13.1. The van der Waals surface area contributed by atoms with Gasteiger partial charge in [0, 0.05) is 48.5 Å². The molecule has 5 heterocycles. The molecule has 2 amide bonds. The number of nitrogens with zero attached hydrogens (tertiary/aromatic N) is 5. The number of hydrogen-bond acceptors (Lipinski definition) is 12. The van der Waals surface area contributed by atoms with E-state index in [1.165, 1.54) is 23.8 Å². The van der Waals surface area contributed by atoms with Gasteiger partial charge in [-0.3, -0.25) is 14.5 Å². The minimum atomic E-state index is -1.41. The van der Waals surface area contributed by atoms with E-state index in [0.717, 1.165) is 24.4 Å². The number of thioether (sulfide) groups is 1. The van der Waals surface area contributed by atoms with Crippen LogP contribution in [0.25, 0.3) is 0 Å². The first-order valence-electron chi connectivity index (χ1n) is 11.6. The van der Waals surface area contributed by atoms with E-state index < -0.39 is 29.2 Å². The van der Waals surface area contributed by atoms with E-state index in [2.05, 4.69) is 26.9 Å². The number of carbonyl (C=O) groups is 3. The molecule has 0 radical (unpaired) electrons. The van der Waals surface area contributed by atoms with Gasteiger partial charge in [-0.25, -0.2) is 0 Å². The molecule has 4 aliphatic rings. The van der Waals surface area contributed by atoms with Crippen LogP contribution in [0.4, 0.5) is 5.13 Å². The molecule has 0 aromatic carbocycles. The van der Waals surface area contributed by atoms with Gasteiger partial charge in [0.1, 0.15) is 25.1 Å². The molecule has 4 N–H and O–H groups in total. The Morgan fingerprint density at radius 2 is 2.06 bits per heavy atom. The lowest BCUT2D eigenvalue weighted by Crippen LogP contribution is -2.72. The highest BCUT2D eigenvalue weighted by molar-refractivity contribution is 8.00. The quantitative estimate of drug-likeness (QED) is 0.152. The lowest BCUT2D eigenvalue weighted by atomic mass is 9.95. The fourth-order valence-corrected chi connectivity index (χ4v) is 7.76. The van der Waals surface area contributed by atoms with Crippen molar-refractivity contribution in [3.05, 3.63) is 17.1 Å². The third-order valence-corrected chi connectivity index (χ3v) is 9.58. The first-order valence-corrected chi connectivity index (χ1v) is 13.4. The van der Waals surface area contributed by atoms with E-state index >= 15 is 0 Å². The number of hydrogen-bond donors (Lipinski definition) is 3. The van der Waals surface area contributed by atoms with Crippen LogP contribution in [0.1, 0.15) is 31.5 Å². The van der Waals surface area contributed by atoms with Gasteiger partial charge < -0.3 is 35.4 Å². The van der Waals surface area contributed by atoms with Crippen molar-refractivity contribution in [3.8, 4) is 0 Å². The number of carboxylic acids is 1. The Kier molecular flexibility index (Phi) is 6.43. The normalized spacial score (nSPS) is 33.8. The Morgan fingerprint density at radius 1 is 1.36 bits per heavy atom. The number of nitrogens with one attached hydrogen (secondary N) is 1. The van der Waals surface area contributed by atoms with Crippen LogP contribution in [0, 0.1) is 0 Å². The van der Waals surface area contributed by atoms with Gasteiger partial charge in [0.25, 0.3) is 11.8 Å². The summed E-state index contributed by atoms with van der Waals surface area (Å²) in [5.74, 6) is -2.33. The second-order valence-corrected chi connectivity index (χ2v) is 11.6. The molecule has 5 rings (SSSR count). The third-order valence-electron chi connectivity index (χ3n) is 7.70. The van der Waals surface area contributed by atoms with Crippen LogP contribution in [0.5, 0.6) is 0 Å². The van der Waals surface area contributed by atoms with Gasteiger partial charge in [-0.2, -0.15) is 9.36 Å². The van der Waals surface area contributed by atoms with Crippen molar-refractivity contribution in [2.24, 2.45) is 5.16 Å². The second-order valence-electron chi connectivity index (χ2n) is 9.69. The predicted octanol–water partition coefficient (Wildman–Crippen LogP) is -1.99. The monoisotopic (exact) mass is 537 g/mol. The number of β-lactam (4-membered cyclic amide) rings is 1. The number of aromatic nitrogens is 2. The van der Waals surface area contributed by atoms with E-state index in [0.29, 0.717) is 35.2 Å². The summed E-state index contributed by atoms with van der Waals surface area (Å²) >= 11 is 2.28. The summed E-state index contributed by atoms with van der Waals surface area (Å²) in [7, 11) is 3.37. The molecule has 4 aliphatic heterocycles. The fraction of sp³-hybridized carbons (Fsp3) is 0.619. The molecule has 36 heavy (non-hydrogen) atoms. The Labute approximate surface area is 215 Å². The van der Waals surface area contributed by atoms with E-state index in [-0.39, 0.29) is 40.6 Å². The molecule has 3 fully saturated rings. The lowest BCUT2D eigenvalue weighted by Gasteiger charge is -2.52. The molecule has 15 heteroatoms. The number of amides is 2. The molecular formula is C21H27N7O6S2. The van der Waals surface area contributed by atoms with Crippen molar-refractivity contribution < 1.29 is 33.9 Å². The van der Waals surface area contributed by atoms with Crippen molar-refractivity contribution in [1.82, 2.24) is 19.6 Å². The predicted molar refractivity (Wildman–Crippen MR) is 128 cm³/mol. The first-order chi connectivity index (χ1) is 17.1. The zero-order valence-corrected chi connectivity index (χ0v) is 21.4. The Bertz CT molecular complexity index is 1160. The highest BCUT2D eigenvalue weighted by Gasteiger charge is 2.56. The molecule has 2 bridgehead atoms. The minimum absolute atomic E-state index is 0.0346. The van der Waals surface area contributed by atoms with Crippen LogP contribution in [0.3, 0.4) is 0 Å². The molecule has 0 aliphatic carbocycles. The molecule has 6 atom stereocenters. The van der Waals surface area contributed by atoms with Crippen LogP contribution in [0.2, 0.25) is 0 Å². The summed E-state index contributed by atoms with van der Waals surface area (Å²) in [6.45, 7) is 0.480. The average molecular weight is 538 g/mol. The number of aliphatic carboxylic acids is 1. The summed E-state index contributed by atoms with van der Waals surface area (Å²) in [5.41, 5.74) is 5.89. The van der Waals surface area contributed by atoms with Gasteiger partial charge >= 0.3 is 0 Å². The van der Waals surface area contributed by atoms with Gasteiger partial charge in [0.15, 0.2) is 5.13 Å². The number of quaternary nitrogens is 1. The summed E-state index contributed by atoms with van der Waals surface area (Å²) in [6, 6.07) is -0.451. The van der Waals surface area contributed by atoms with E-state index in [9.17, 15) is 24.6 Å². The van der Waals surface area contributed by atoms with Crippen molar-refractivity contribution >= 4 is 51.9 Å². The first kappa shape index (κ1) is 24.9. The summed E-state index contributed by atoms with van der Waals surface area (Å²) in [4.78, 5) is 48.0. The molecule has 13 nitrogen and oxygen atoms in total. The lowest BCUT2D eigenvalue weighted by molar-refractivity contribution is -0.945. The van der Waals surface area contributed by atoms with E-state index in [4.69, 9.17) is 10.6 Å². The second kappa shape index (κ2) is 9.28. The van der Waals surface area contributed by atoms with E-state index in [1.807, 2.05) is 0 Å². The van der Waals surface area contributed by atoms with Crippen molar-refractivity contribution in [3.63, 3.8) is 0 Å². The number of aliphatic hydroxyl groups excluding tert-OH is 1. The van der Waals surface area contributed by atoms with Gasteiger partial charge in [-0.05, 0) is 0 Å². The molecule has 2 unspecified atom stereocenters. The van der Waals surface area contributed by atoms with E-state index in [1.54, 1.807) is 0 Å². The molecule has 194 valence electrons. The number of nitrogen functional groups attached to an aromatic ring is 1. The van der Waals surface area contributed by atoms with Crippen LogP contribution in [-0.4, -0.2) is 103 Å². The Morgan fingerprint density at radius 3 is 2.64 bits per heavy atom. The van der Waals surface area contributed by atoms with Crippen molar-refractivity contribution in [2.45, 2.75) is 55.3 Å². The molecule has 0 spiro atoms. The van der Waals surface area contributed by atoms with Crippen LogP contribution < -0.4 is 16.2 Å². The van der Waals surface area contributed by atoms with Gasteiger partial charge in [-0.15, -0.1) is 11.8 Å². The summed E-state index contributed by atoms with van der Waals surface area (Å²) < 4.78 is 4.62. The number of carboxylic acid groups (broad SMARTS) is 1. The topological polar surface area (TPSA) is 183 Å². The smallest absolute Gasteiger partial charge is 0.278 e. The molecule has 1 aromatic heterocycles. The minimum Gasteiger partial charge on any atom is -0.543 e. The number of aliphatic hydroxyl groups is 1. The molecule has 3 saturated heterocycles. The van der Waals surface area contributed by atoms with Gasteiger partial charge in [0.05, 0.1) is 36.9 Å². The number of oxime groups is 1. The maximum Gasteiger partial charge on any atom is 0.278 e. The van der Waals surface area contributed by atoms with Gasteiger partial charge in [-0.1, -0.05) is 5.16 Å². The third kappa shape index (κ3) is 4.03. The van der Waals surface area contributed by atoms with Crippen LogP contribution in [-0.2, 0) is 19.2 Å². The maximum absolute atomic E-state index is 13.1. The largest absolute Gasteiger partial charge is 0.543 e. The molecule has 0 saturated carbocycles. The highest BCUT2D eigenvalue weighted by Crippen LogP contribution is 2.45. The number of fused-ring (bicyclic) bond motifs is 3. The van der Waals surface area contributed by atoms with Crippen molar-refractivity contribution in [2.75, 3.05) is 32.2 Å². The zero-order chi connectivity index (χ0) is 25.8. The van der Waals surface area contributed by atoms with Gasteiger partial charge in [0.2, 0.25) is 11.5 Å². The van der Waals surface area contributed by atoms with Crippen LogP contribution in [0.15, 0.2) is 16.4 Å². The number of rotatable bonds is 7. The highest BCUT2D eigenvalue weighted by atomic mass is 32.2. The Hall–Kier alpha value is -2.75. The van der Waals surface area contributed by atoms with Crippen molar-refractivity contribution in [1.29, 1.82) is 0 Å². The fourth-order valence-electron chi connectivity index (χ4n) is 5.99.